The van der Waals surface area contributed by atoms with Gasteiger partial charge in [-0.25, -0.2) is 4.39 Å². The van der Waals surface area contributed by atoms with Gasteiger partial charge in [-0.3, -0.25) is 4.79 Å². The molecule has 0 fully saturated rings. The number of carbonyl (C=O) groups excluding carboxylic acids is 1. The number of amides is 1. The molecule has 1 amide bonds. The molecule has 0 radical (unpaired) electrons. The fourth-order valence-electron chi connectivity index (χ4n) is 2.25. The summed E-state index contributed by atoms with van der Waals surface area (Å²) >= 11 is 0. The van der Waals surface area contributed by atoms with E-state index in [0.717, 1.165) is 5.56 Å². The van der Waals surface area contributed by atoms with Crippen LogP contribution in [-0.4, -0.2) is 27.2 Å². The molecule has 0 aliphatic heterocycles. The minimum absolute atomic E-state index is 0.226. The van der Waals surface area contributed by atoms with Gasteiger partial charge in [-0.2, -0.15) is 0 Å². The second-order valence-corrected chi connectivity index (χ2v) is 5.09. The van der Waals surface area contributed by atoms with E-state index in [1.807, 2.05) is 0 Å². The van der Waals surface area contributed by atoms with Gasteiger partial charge in [0.1, 0.15) is 11.6 Å². The van der Waals surface area contributed by atoms with E-state index in [0.29, 0.717) is 22.8 Å². The van der Waals surface area contributed by atoms with Crippen molar-refractivity contribution in [1.82, 2.24) is 5.32 Å². The quantitative estimate of drug-likeness (QED) is 0.783. The molecule has 0 unspecified atom stereocenters. The largest absolute Gasteiger partial charge is 0.496 e. The summed E-state index contributed by atoms with van der Waals surface area (Å²) in [6.07, 6.45) is 2.71. The van der Waals surface area contributed by atoms with Gasteiger partial charge in [-0.1, -0.05) is 18.2 Å². The van der Waals surface area contributed by atoms with Gasteiger partial charge in [0.25, 0.3) is 0 Å². The summed E-state index contributed by atoms with van der Waals surface area (Å²) in [6, 6.07) is 9.65. The normalized spacial score (nSPS) is 10.6. The number of nitrogens with one attached hydrogen (secondary N) is 1. The topological polar surface area (TPSA) is 56.8 Å². The number of methoxy groups -OCH3 is 3. The number of ether oxygens (including phenoxy) is 3. The molecular weight excluding hydrogens is 325 g/mol. The van der Waals surface area contributed by atoms with Crippen molar-refractivity contribution in [3.8, 4) is 17.2 Å². The molecule has 0 atom stereocenters. The maximum Gasteiger partial charge on any atom is 0.244 e. The molecule has 0 saturated heterocycles. The minimum atomic E-state index is -0.381. The third-order valence-corrected chi connectivity index (χ3v) is 3.56. The molecule has 2 aromatic rings. The van der Waals surface area contributed by atoms with Crippen molar-refractivity contribution in [1.29, 1.82) is 0 Å². The number of carbonyl (C=O) groups is 1. The molecule has 0 spiro atoms. The molecule has 0 bridgehead atoms. The highest BCUT2D eigenvalue weighted by Crippen LogP contribution is 2.34. The van der Waals surface area contributed by atoms with Gasteiger partial charge in [0.15, 0.2) is 11.5 Å². The third kappa shape index (κ3) is 4.73. The molecule has 0 heterocycles. The Bertz CT molecular complexity index is 774. The zero-order valence-corrected chi connectivity index (χ0v) is 14.3. The predicted octanol–water partition coefficient (Wildman–Crippen LogP) is 3.18. The molecule has 5 nitrogen and oxygen atoms in total. The van der Waals surface area contributed by atoms with Gasteiger partial charge in [-0.05, 0) is 18.2 Å². The molecule has 0 aliphatic rings. The third-order valence-electron chi connectivity index (χ3n) is 3.56. The highest BCUT2D eigenvalue weighted by Gasteiger charge is 2.12. The second kappa shape index (κ2) is 8.73. The summed E-state index contributed by atoms with van der Waals surface area (Å²) in [5.74, 6) is 0.910. The van der Waals surface area contributed by atoms with E-state index < -0.39 is 0 Å². The molecular formula is C19H20FNO4. The average molecular weight is 345 g/mol. The summed E-state index contributed by atoms with van der Waals surface area (Å²) in [5.41, 5.74) is 1.08. The summed E-state index contributed by atoms with van der Waals surface area (Å²) in [7, 11) is 4.60. The molecule has 132 valence electrons. The highest BCUT2D eigenvalue weighted by molar-refractivity contribution is 5.91. The van der Waals surface area contributed by atoms with Crippen LogP contribution in [0.15, 0.2) is 42.5 Å². The summed E-state index contributed by atoms with van der Waals surface area (Å²) in [6.45, 7) is 0.226. The fourth-order valence-corrected chi connectivity index (χ4v) is 2.25. The van der Waals surface area contributed by atoms with Crippen molar-refractivity contribution in [3.05, 3.63) is 59.4 Å². The van der Waals surface area contributed by atoms with Gasteiger partial charge in [0.2, 0.25) is 5.91 Å². The van der Waals surface area contributed by atoms with Crippen molar-refractivity contribution in [2.45, 2.75) is 6.54 Å². The SMILES string of the molecule is COc1cc(OC)c(OC)cc1CNC(=O)/C=C/c1ccccc1F. The molecule has 1 N–H and O–H groups in total. The van der Waals surface area contributed by atoms with E-state index in [1.165, 1.54) is 39.5 Å². The van der Waals surface area contributed by atoms with Crippen molar-refractivity contribution in [3.63, 3.8) is 0 Å². The van der Waals surface area contributed by atoms with Crippen molar-refractivity contribution in [2.24, 2.45) is 0 Å². The Morgan fingerprint density at radius 3 is 2.32 bits per heavy atom. The van der Waals surface area contributed by atoms with E-state index in [9.17, 15) is 9.18 Å². The van der Waals surface area contributed by atoms with E-state index in [-0.39, 0.29) is 18.3 Å². The van der Waals surface area contributed by atoms with Gasteiger partial charge in [0.05, 0.1) is 21.3 Å². The van der Waals surface area contributed by atoms with Crippen molar-refractivity contribution < 1.29 is 23.4 Å². The summed E-state index contributed by atoms with van der Waals surface area (Å²) in [5, 5.41) is 2.73. The highest BCUT2D eigenvalue weighted by atomic mass is 19.1. The molecule has 25 heavy (non-hydrogen) atoms. The first-order valence-corrected chi connectivity index (χ1v) is 7.58. The molecule has 0 saturated carbocycles. The Morgan fingerprint density at radius 2 is 1.68 bits per heavy atom. The smallest absolute Gasteiger partial charge is 0.244 e. The summed E-state index contributed by atoms with van der Waals surface area (Å²) in [4.78, 5) is 12.0. The zero-order chi connectivity index (χ0) is 18.2. The van der Waals surface area contributed by atoms with Gasteiger partial charge in [0, 0.05) is 29.8 Å². The second-order valence-electron chi connectivity index (χ2n) is 5.09. The lowest BCUT2D eigenvalue weighted by atomic mass is 10.1. The van der Waals surface area contributed by atoms with Crippen LogP contribution >= 0.6 is 0 Å². The van der Waals surface area contributed by atoms with Crippen molar-refractivity contribution >= 4 is 12.0 Å². The average Bonchev–Trinajstić information content (AvgIpc) is 2.64. The van der Waals surface area contributed by atoms with Gasteiger partial charge in [-0.15, -0.1) is 0 Å². The van der Waals surface area contributed by atoms with Crippen LogP contribution in [-0.2, 0) is 11.3 Å². The minimum Gasteiger partial charge on any atom is -0.496 e. The van der Waals surface area contributed by atoms with Crippen LogP contribution in [0.1, 0.15) is 11.1 Å². The molecule has 2 rings (SSSR count). The van der Waals surface area contributed by atoms with Crippen molar-refractivity contribution in [2.75, 3.05) is 21.3 Å². The Morgan fingerprint density at radius 1 is 1.04 bits per heavy atom. The van der Waals surface area contributed by atoms with Gasteiger partial charge >= 0.3 is 0 Å². The molecule has 2 aromatic carbocycles. The number of hydrogen-bond acceptors (Lipinski definition) is 4. The maximum atomic E-state index is 13.5. The monoisotopic (exact) mass is 345 g/mol. The number of benzene rings is 2. The van der Waals surface area contributed by atoms with Gasteiger partial charge < -0.3 is 19.5 Å². The maximum absolute atomic E-state index is 13.5. The van der Waals surface area contributed by atoms with E-state index in [1.54, 1.807) is 30.3 Å². The molecule has 6 heteroatoms. The lowest BCUT2D eigenvalue weighted by Gasteiger charge is -2.14. The van der Waals surface area contributed by atoms with Crippen LogP contribution in [0.4, 0.5) is 4.39 Å². The Hall–Kier alpha value is -3.02. The predicted molar refractivity (Wildman–Crippen MR) is 93.4 cm³/mol. The van der Waals surface area contributed by atoms with E-state index in [4.69, 9.17) is 14.2 Å². The summed E-state index contributed by atoms with van der Waals surface area (Å²) < 4.78 is 29.3. The van der Waals surface area contributed by atoms with Crippen LogP contribution in [0, 0.1) is 5.82 Å². The van der Waals surface area contributed by atoms with Crippen LogP contribution in [0.5, 0.6) is 17.2 Å². The number of hydrogen-bond donors (Lipinski definition) is 1. The Balaban J connectivity index is 2.07. The lowest BCUT2D eigenvalue weighted by molar-refractivity contribution is -0.116. The van der Waals surface area contributed by atoms with E-state index >= 15 is 0 Å². The Kier molecular flexibility index (Phi) is 6.39. The van der Waals surface area contributed by atoms with Crippen LogP contribution in [0.3, 0.4) is 0 Å². The fraction of sp³-hybridized carbons (Fsp3) is 0.211. The first-order valence-electron chi connectivity index (χ1n) is 7.58. The molecule has 0 aliphatic carbocycles. The number of halogens is 1. The lowest BCUT2D eigenvalue weighted by Crippen LogP contribution is -2.20. The number of rotatable bonds is 7. The van der Waals surface area contributed by atoms with E-state index in [2.05, 4.69) is 5.32 Å². The van der Waals surface area contributed by atoms with Crippen LogP contribution < -0.4 is 19.5 Å². The Labute approximate surface area is 146 Å². The zero-order valence-electron chi connectivity index (χ0n) is 14.3. The van der Waals surface area contributed by atoms with Crippen LogP contribution in [0.25, 0.3) is 6.08 Å². The molecule has 0 aromatic heterocycles. The first kappa shape index (κ1) is 18.3. The standard InChI is InChI=1S/C19H20FNO4/c1-23-16-11-18(25-3)17(24-2)10-14(16)12-21-19(22)9-8-13-6-4-5-7-15(13)20/h4-11H,12H2,1-3H3,(H,21,22)/b9-8+. The van der Waals surface area contributed by atoms with Crippen LogP contribution in [0.2, 0.25) is 0 Å². The first-order chi connectivity index (χ1) is 12.1.